The number of rotatable bonds is 8. The van der Waals surface area contributed by atoms with Gasteiger partial charge in [-0.2, -0.15) is 0 Å². The maximum Gasteiger partial charge on any atom is 0.222 e. The Morgan fingerprint density at radius 2 is 2.06 bits per heavy atom. The third kappa shape index (κ3) is 5.53. The predicted octanol–water partition coefficient (Wildman–Crippen LogP) is 2.73. The van der Waals surface area contributed by atoms with Crippen molar-refractivity contribution in [2.75, 3.05) is 0 Å². The van der Waals surface area contributed by atoms with Crippen LogP contribution in [0.2, 0.25) is 0 Å². The number of nitrogens with one attached hydrogen (secondary N) is 1. The van der Waals surface area contributed by atoms with Crippen LogP contribution in [0, 0.1) is 0 Å². The molecule has 3 N–H and O–H groups in total. The highest BCUT2D eigenvalue weighted by atomic mass is 16.1. The van der Waals surface area contributed by atoms with Gasteiger partial charge in [-0.25, -0.2) is 0 Å². The summed E-state index contributed by atoms with van der Waals surface area (Å²) in [5.74, 6) is 0.134. The van der Waals surface area contributed by atoms with Gasteiger partial charge in [-0.1, -0.05) is 32.6 Å². The van der Waals surface area contributed by atoms with Crippen molar-refractivity contribution in [1.29, 1.82) is 0 Å². The summed E-state index contributed by atoms with van der Waals surface area (Å²) >= 11 is 0. The van der Waals surface area contributed by atoms with Gasteiger partial charge in [0.25, 0.3) is 0 Å². The molecule has 0 aromatic heterocycles. The van der Waals surface area contributed by atoms with E-state index in [0.29, 0.717) is 12.5 Å². The zero-order valence-corrected chi connectivity index (χ0v) is 11.4. The van der Waals surface area contributed by atoms with Gasteiger partial charge in [0.2, 0.25) is 5.91 Å². The summed E-state index contributed by atoms with van der Waals surface area (Å²) in [6, 6.07) is 0.294. The lowest BCUT2D eigenvalue weighted by molar-refractivity contribution is -0.123. The van der Waals surface area contributed by atoms with Gasteiger partial charge in [-0.3, -0.25) is 4.79 Å². The van der Waals surface area contributed by atoms with Crippen LogP contribution >= 0.6 is 0 Å². The number of hydrogen-bond donors (Lipinski definition) is 2. The van der Waals surface area contributed by atoms with Crippen molar-refractivity contribution in [3.05, 3.63) is 0 Å². The Morgan fingerprint density at radius 1 is 1.35 bits per heavy atom. The molecule has 0 spiro atoms. The van der Waals surface area contributed by atoms with E-state index in [0.717, 1.165) is 19.3 Å². The average molecular weight is 240 g/mol. The Morgan fingerprint density at radius 3 is 2.59 bits per heavy atom. The molecule has 0 aromatic carbocycles. The smallest absolute Gasteiger partial charge is 0.222 e. The van der Waals surface area contributed by atoms with Crippen LogP contribution in [0.4, 0.5) is 0 Å². The van der Waals surface area contributed by atoms with E-state index in [9.17, 15) is 4.79 Å². The minimum Gasteiger partial charge on any atom is -0.354 e. The largest absolute Gasteiger partial charge is 0.354 e. The number of unbranched alkanes of at least 4 members (excludes halogenated alkanes) is 3. The summed E-state index contributed by atoms with van der Waals surface area (Å²) in [7, 11) is 0. The molecule has 1 rings (SSSR count). The summed E-state index contributed by atoms with van der Waals surface area (Å²) in [5, 5.41) is 3.06. The molecule has 17 heavy (non-hydrogen) atoms. The number of carbonyl (C=O) groups is 1. The predicted molar refractivity (Wildman–Crippen MR) is 71.8 cm³/mol. The Bertz CT molecular complexity index is 236. The van der Waals surface area contributed by atoms with E-state index in [2.05, 4.69) is 19.2 Å². The Balaban J connectivity index is 2.08. The second-order valence-electron chi connectivity index (χ2n) is 5.71. The van der Waals surface area contributed by atoms with Gasteiger partial charge in [0, 0.05) is 18.0 Å². The van der Waals surface area contributed by atoms with Crippen LogP contribution in [-0.4, -0.2) is 17.5 Å². The van der Waals surface area contributed by atoms with Gasteiger partial charge in [0.15, 0.2) is 0 Å². The normalized spacial score (nSPS) is 19.5. The highest BCUT2D eigenvalue weighted by Crippen LogP contribution is 2.31. The highest BCUT2D eigenvalue weighted by molar-refractivity contribution is 5.77. The lowest BCUT2D eigenvalue weighted by atomic mass is 9.75. The van der Waals surface area contributed by atoms with E-state index in [1.807, 2.05) is 0 Å². The standard InChI is InChI=1S/C14H28N2O/c1-3-4-5-6-8-12(2)16-13(17)11-14(15)9-7-10-14/h12H,3-11,15H2,1-2H3,(H,16,17). The molecule has 0 heterocycles. The van der Waals surface area contributed by atoms with Gasteiger partial charge in [-0.15, -0.1) is 0 Å². The topological polar surface area (TPSA) is 55.1 Å². The molecule has 0 aromatic rings. The van der Waals surface area contributed by atoms with Crippen molar-refractivity contribution in [2.45, 2.75) is 83.2 Å². The number of carbonyl (C=O) groups excluding carboxylic acids is 1. The number of nitrogens with two attached hydrogens (primary N) is 1. The highest BCUT2D eigenvalue weighted by Gasteiger charge is 2.34. The molecule has 100 valence electrons. The van der Waals surface area contributed by atoms with Crippen LogP contribution in [0.3, 0.4) is 0 Å². The molecule has 1 fully saturated rings. The van der Waals surface area contributed by atoms with E-state index in [-0.39, 0.29) is 11.4 Å². The first-order valence-corrected chi connectivity index (χ1v) is 7.14. The van der Waals surface area contributed by atoms with Gasteiger partial charge >= 0.3 is 0 Å². The van der Waals surface area contributed by atoms with Crippen molar-refractivity contribution < 1.29 is 4.79 Å². The summed E-state index contributed by atoms with van der Waals surface area (Å²) in [6.07, 6.45) is 9.83. The van der Waals surface area contributed by atoms with Crippen LogP contribution in [0.25, 0.3) is 0 Å². The molecular formula is C14H28N2O. The first-order chi connectivity index (χ1) is 8.06. The molecule has 1 aliphatic carbocycles. The van der Waals surface area contributed by atoms with Crippen molar-refractivity contribution >= 4 is 5.91 Å². The minimum absolute atomic E-state index is 0.134. The fourth-order valence-corrected chi connectivity index (χ4v) is 2.40. The van der Waals surface area contributed by atoms with Gasteiger partial charge < -0.3 is 11.1 Å². The van der Waals surface area contributed by atoms with Gasteiger partial charge in [0.1, 0.15) is 0 Å². The van der Waals surface area contributed by atoms with E-state index in [1.165, 1.54) is 32.1 Å². The summed E-state index contributed by atoms with van der Waals surface area (Å²) in [6.45, 7) is 4.30. The summed E-state index contributed by atoms with van der Waals surface area (Å²) in [4.78, 5) is 11.8. The van der Waals surface area contributed by atoms with E-state index < -0.39 is 0 Å². The second kappa shape index (κ2) is 7.00. The van der Waals surface area contributed by atoms with Crippen LogP contribution in [-0.2, 0) is 4.79 Å². The van der Waals surface area contributed by atoms with Crippen LogP contribution in [0.1, 0.15) is 71.6 Å². The molecule has 0 saturated heterocycles. The quantitative estimate of drug-likeness (QED) is 0.641. The van der Waals surface area contributed by atoms with Crippen LogP contribution in [0.15, 0.2) is 0 Å². The first-order valence-electron chi connectivity index (χ1n) is 7.14. The molecule has 0 aliphatic heterocycles. The molecule has 1 saturated carbocycles. The van der Waals surface area contributed by atoms with E-state index in [4.69, 9.17) is 5.73 Å². The van der Waals surface area contributed by atoms with Crippen molar-refractivity contribution in [1.82, 2.24) is 5.32 Å². The maximum atomic E-state index is 11.8. The molecule has 1 aliphatic rings. The lowest BCUT2D eigenvalue weighted by Crippen LogP contribution is -2.50. The second-order valence-corrected chi connectivity index (χ2v) is 5.71. The van der Waals surface area contributed by atoms with Crippen LogP contribution < -0.4 is 11.1 Å². The maximum absolute atomic E-state index is 11.8. The molecule has 1 unspecified atom stereocenters. The Hall–Kier alpha value is -0.570. The zero-order chi connectivity index (χ0) is 12.7. The average Bonchev–Trinajstić information content (AvgIpc) is 2.22. The minimum atomic E-state index is -0.188. The SMILES string of the molecule is CCCCCCC(C)NC(=O)CC1(N)CCC1. The monoisotopic (exact) mass is 240 g/mol. The first kappa shape index (κ1) is 14.5. The molecule has 1 atom stereocenters. The Labute approximate surface area is 106 Å². The van der Waals surface area contributed by atoms with Crippen molar-refractivity contribution in [3.8, 4) is 0 Å². The van der Waals surface area contributed by atoms with E-state index >= 15 is 0 Å². The van der Waals surface area contributed by atoms with Crippen molar-refractivity contribution in [3.63, 3.8) is 0 Å². The molecule has 0 radical (unpaired) electrons. The Kier molecular flexibility index (Phi) is 5.96. The van der Waals surface area contributed by atoms with Gasteiger partial charge in [-0.05, 0) is 32.6 Å². The lowest BCUT2D eigenvalue weighted by Gasteiger charge is -2.37. The summed E-state index contributed by atoms with van der Waals surface area (Å²) < 4.78 is 0. The molecular weight excluding hydrogens is 212 g/mol. The fraction of sp³-hybridized carbons (Fsp3) is 0.929. The molecule has 3 heteroatoms. The third-order valence-electron chi connectivity index (χ3n) is 3.76. The van der Waals surface area contributed by atoms with E-state index in [1.54, 1.807) is 0 Å². The number of amides is 1. The number of hydrogen-bond acceptors (Lipinski definition) is 2. The molecule has 3 nitrogen and oxygen atoms in total. The zero-order valence-electron chi connectivity index (χ0n) is 11.4. The summed E-state index contributed by atoms with van der Waals surface area (Å²) in [5.41, 5.74) is 5.87. The molecule has 1 amide bonds. The molecule has 0 bridgehead atoms. The fourth-order valence-electron chi connectivity index (χ4n) is 2.40. The van der Waals surface area contributed by atoms with Gasteiger partial charge in [0.05, 0.1) is 0 Å². The van der Waals surface area contributed by atoms with Crippen molar-refractivity contribution in [2.24, 2.45) is 5.73 Å². The third-order valence-corrected chi connectivity index (χ3v) is 3.76. The van der Waals surface area contributed by atoms with Crippen LogP contribution in [0.5, 0.6) is 0 Å².